The van der Waals surface area contributed by atoms with E-state index in [9.17, 15) is 5.11 Å². The second kappa shape index (κ2) is 5.73. The highest BCUT2D eigenvalue weighted by atomic mass is 16.3. The molecule has 0 aliphatic rings. The molecule has 0 spiro atoms. The predicted molar refractivity (Wildman–Crippen MR) is 62.0 cm³/mol. The van der Waals surface area contributed by atoms with Crippen molar-refractivity contribution < 1.29 is 10.2 Å². The third-order valence-electron chi connectivity index (χ3n) is 2.53. The summed E-state index contributed by atoms with van der Waals surface area (Å²) in [6, 6.07) is 7.75. The molecule has 3 nitrogen and oxygen atoms in total. The molecule has 2 N–H and O–H groups in total. The number of benzene rings is 1. The van der Waals surface area contributed by atoms with Crippen molar-refractivity contribution in [1.29, 1.82) is 0 Å². The van der Waals surface area contributed by atoms with Gasteiger partial charge < -0.3 is 15.1 Å². The first kappa shape index (κ1) is 12.0. The van der Waals surface area contributed by atoms with Crippen LogP contribution in [0.1, 0.15) is 25.0 Å². The second-order valence-corrected chi connectivity index (χ2v) is 3.63. The van der Waals surface area contributed by atoms with Crippen LogP contribution < -0.4 is 4.90 Å². The Balaban J connectivity index is 2.95. The minimum atomic E-state index is -0.428. The third kappa shape index (κ3) is 2.94. The summed E-state index contributed by atoms with van der Waals surface area (Å²) in [4.78, 5) is 1.95. The van der Waals surface area contributed by atoms with Crippen molar-refractivity contribution in [3.8, 4) is 0 Å². The molecule has 0 radical (unpaired) electrons. The maximum Gasteiger partial charge on any atom is 0.0807 e. The number of aliphatic hydroxyl groups excluding tert-OH is 2. The molecule has 0 unspecified atom stereocenters. The van der Waals surface area contributed by atoms with Crippen molar-refractivity contribution in [1.82, 2.24) is 0 Å². The zero-order chi connectivity index (χ0) is 11.3. The number of hydrogen-bond donors (Lipinski definition) is 2. The lowest BCUT2D eigenvalue weighted by atomic mass is 10.0. The van der Waals surface area contributed by atoms with Gasteiger partial charge >= 0.3 is 0 Å². The molecule has 0 fully saturated rings. The Morgan fingerprint density at radius 3 is 2.60 bits per heavy atom. The summed E-state index contributed by atoms with van der Waals surface area (Å²) in [6.45, 7) is 2.65. The Bertz CT molecular complexity index is 301. The Morgan fingerprint density at radius 2 is 2.00 bits per heavy atom. The topological polar surface area (TPSA) is 43.7 Å². The van der Waals surface area contributed by atoms with E-state index in [4.69, 9.17) is 5.11 Å². The Morgan fingerprint density at radius 1 is 1.33 bits per heavy atom. The smallest absolute Gasteiger partial charge is 0.0807 e. The van der Waals surface area contributed by atoms with E-state index in [-0.39, 0.29) is 6.61 Å². The van der Waals surface area contributed by atoms with Gasteiger partial charge in [-0.1, -0.05) is 25.1 Å². The SMILES string of the molecule is CC[C@H](O)c1ccccc1N(C)CCO. The summed E-state index contributed by atoms with van der Waals surface area (Å²) in [5.41, 5.74) is 1.91. The molecule has 1 aromatic carbocycles. The molecule has 15 heavy (non-hydrogen) atoms. The molecule has 1 rings (SSSR count). The number of likely N-dealkylation sites (N-methyl/N-ethyl adjacent to an activating group) is 1. The van der Waals surface area contributed by atoms with Crippen LogP contribution >= 0.6 is 0 Å². The molecular formula is C12H19NO2. The summed E-state index contributed by atoms with van der Waals surface area (Å²) in [6.07, 6.45) is 0.270. The molecule has 0 bridgehead atoms. The van der Waals surface area contributed by atoms with E-state index >= 15 is 0 Å². The zero-order valence-electron chi connectivity index (χ0n) is 9.35. The van der Waals surface area contributed by atoms with Crippen LogP contribution in [-0.2, 0) is 0 Å². The second-order valence-electron chi connectivity index (χ2n) is 3.63. The van der Waals surface area contributed by atoms with Crippen molar-refractivity contribution in [2.45, 2.75) is 19.4 Å². The Hall–Kier alpha value is -1.06. The number of nitrogens with zero attached hydrogens (tertiary/aromatic N) is 1. The largest absolute Gasteiger partial charge is 0.395 e. The summed E-state index contributed by atoms with van der Waals surface area (Å²) >= 11 is 0. The van der Waals surface area contributed by atoms with E-state index < -0.39 is 6.10 Å². The fourth-order valence-electron chi connectivity index (χ4n) is 1.61. The predicted octanol–water partition coefficient (Wildman–Crippen LogP) is 1.56. The minimum absolute atomic E-state index is 0.118. The van der Waals surface area contributed by atoms with Gasteiger partial charge in [0, 0.05) is 24.8 Å². The lowest BCUT2D eigenvalue weighted by Gasteiger charge is -2.23. The van der Waals surface area contributed by atoms with Crippen molar-refractivity contribution in [2.75, 3.05) is 25.1 Å². The van der Waals surface area contributed by atoms with E-state index in [0.29, 0.717) is 13.0 Å². The Kier molecular flexibility index (Phi) is 4.59. The van der Waals surface area contributed by atoms with Crippen LogP contribution in [0.5, 0.6) is 0 Å². The van der Waals surface area contributed by atoms with Crippen LogP contribution in [0.3, 0.4) is 0 Å². The first-order chi connectivity index (χ1) is 7.20. The molecule has 3 heteroatoms. The van der Waals surface area contributed by atoms with Gasteiger partial charge in [-0.25, -0.2) is 0 Å². The average Bonchev–Trinajstić information content (AvgIpc) is 2.28. The fraction of sp³-hybridized carbons (Fsp3) is 0.500. The third-order valence-corrected chi connectivity index (χ3v) is 2.53. The highest BCUT2D eigenvalue weighted by Crippen LogP contribution is 2.26. The van der Waals surface area contributed by atoms with E-state index in [0.717, 1.165) is 11.3 Å². The number of anilines is 1. The molecule has 0 amide bonds. The molecule has 0 saturated heterocycles. The standard InChI is InChI=1S/C12H19NO2/c1-3-12(15)10-6-4-5-7-11(10)13(2)8-9-14/h4-7,12,14-15H,3,8-9H2,1-2H3/t12-/m0/s1. The van der Waals surface area contributed by atoms with Crippen LogP contribution in [0.25, 0.3) is 0 Å². The van der Waals surface area contributed by atoms with Crippen molar-refractivity contribution >= 4 is 5.69 Å². The van der Waals surface area contributed by atoms with Gasteiger partial charge in [0.25, 0.3) is 0 Å². The summed E-state index contributed by atoms with van der Waals surface area (Å²) in [5.74, 6) is 0. The van der Waals surface area contributed by atoms with E-state index in [1.165, 1.54) is 0 Å². The first-order valence-corrected chi connectivity index (χ1v) is 5.29. The number of aliphatic hydroxyl groups is 2. The van der Waals surface area contributed by atoms with Gasteiger partial charge in [-0.2, -0.15) is 0 Å². The minimum Gasteiger partial charge on any atom is -0.395 e. The van der Waals surface area contributed by atoms with E-state index in [2.05, 4.69) is 0 Å². The van der Waals surface area contributed by atoms with E-state index in [1.807, 2.05) is 43.1 Å². The summed E-state index contributed by atoms with van der Waals surface area (Å²) in [7, 11) is 1.91. The quantitative estimate of drug-likeness (QED) is 0.773. The monoisotopic (exact) mass is 209 g/mol. The van der Waals surface area contributed by atoms with Crippen LogP contribution in [0.15, 0.2) is 24.3 Å². The first-order valence-electron chi connectivity index (χ1n) is 5.29. The molecule has 0 saturated carbocycles. The highest BCUT2D eigenvalue weighted by molar-refractivity contribution is 5.54. The molecule has 0 aromatic heterocycles. The van der Waals surface area contributed by atoms with Crippen molar-refractivity contribution in [3.05, 3.63) is 29.8 Å². The van der Waals surface area contributed by atoms with Gasteiger partial charge in [0.2, 0.25) is 0 Å². The fourth-order valence-corrected chi connectivity index (χ4v) is 1.61. The number of hydrogen-bond acceptors (Lipinski definition) is 3. The van der Waals surface area contributed by atoms with E-state index in [1.54, 1.807) is 0 Å². The molecule has 1 atom stereocenters. The zero-order valence-corrected chi connectivity index (χ0v) is 9.35. The summed E-state index contributed by atoms with van der Waals surface area (Å²) in [5, 5.41) is 18.7. The molecule has 84 valence electrons. The highest BCUT2D eigenvalue weighted by Gasteiger charge is 2.12. The van der Waals surface area contributed by atoms with Gasteiger partial charge in [0.15, 0.2) is 0 Å². The molecular weight excluding hydrogens is 190 g/mol. The van der Waals surface area contributed by atoms with Gasteiger partial charge in [-0.05, 0) is 12.5 Å². The van der Waals surface area contributed by atoms with Crippen LogP contribution in [0, 0.1) is 0 Å². The summed E-state index contributed by atoms with van der Waals surface area (Å²) < 4.78 is 0. The van der Waals surface area contributed by atoms with Crippen molar-refractivity contribution in [2.24, 2.45) is 0 Å². The van der Waals surface area contributed by atoms with Crippen LogP contribution in [0.2, 0.25) is 0 Å². The van der Waals surface area contributed by atoms with Gasteiger partial charge in [0.1, 0.15) is 0 Å². The maximum absolute atomic E-state index is 9.84. The lowest BCUT2D eigenvalue weighted by molar-refractivity contribution is 0.174. The van der Waals surface area contributed by atoms with Gasteiger partial charge in [-0.3, -0.25) is 0 Å². The number of para-hydroxylation sites is 1. The van der Waals surface area contributed by atoms with Crippen LogP contribution in [-0.4, -0.2) is 30.4 Å². The maximum atomic E-state index is 9.84. The normalized spacial score (nSPS) is 12.5. The lowest BCUT2D eigenvalue weighted by Crippen LogP contribution is -2.22. The van der Waals surface area contributed by atoms with Gasteiger partial charge in [0.05, 0.1) is 12.7 Å². The average molecular weight is 209 g/mol. The molecule has 0 aliphatic carbocycles. The van der Waals surface area contributed by atoms with Crippen molar-refractivity contribution in [3.63, 3.8) is 0 Å². The molecule has 0 aliphatic heterocycles. The molecule has 1 aromatic rings. The Labute approximate surface area is 91.0 Å². The number of rotatable bonds is 5. The molecule has 0 heterocycles. The van der Waals surface area contributed by atoms with Gasteiger partial charge in [-0.15, -0.1) is 0 Å². The van der Waals surface area contributed by atoms with Crippen LogP contribution in [0.4, 0.5) is 5.69 Å².